The van der Waals surface area contributed by atoms with E-state index in [4.69, 9.17) is 10.5 Å². The van der Waals surface area contributed by atoms with Gasteiger partial charge in [0.25, 0.3) is 0 Å². The summed E-state index contributed by atoms with van der Waals surface area (Å²) >= 11 is 3.49. The van der Waals surface area contributed by atoms with E-state index < -0.39 is 0 Å². The summed E-state index contributed by atoms with van der Waals surface area (Å²) in [4.78, 5) is 0. The molecule has 2 N–H and O–H groups in total. The van der Waals surface area contributed by atoms with Crippen LogP contribution in [0.5, 0.6) is 5.75 Å². The lowest BCUT2D eigenvalue weighted by molar-refractivity contribution is 0.403. The Hall–Kier alpha value is -0.540. The Kier molecular flexibility index (Phi) is 7.36. The third-order valence-electron chi connectivity index (χ3n) is 3.21. The maximum absolute atomic E-state index is 6.25. The van der Waals surface area contributed by atoms with Crippen LogP contribution in [0, 0.1) is 0 Å². The molecule has 0 aliphatic carbocycles. The van der Waals surface area contributed by atoms with E-state index in [1.54, 1.807) is 7.11 Å². The number of rotatable bonds is 8. The fraction of sp³-hybridized carbons (Fsp3) is 0.600. The third-order valence-corrected chi connectivity index (χ3v) is 3.70. The minimum atomic E-state index is 0.0686. The Bertz CT molecular complexity index is 354. The normalized spacial score (nSPS) is 12.4. The van der Waals surface area contributed by atoms with Crippen molar-refractivity contribution in [1.29, 1.82) is 0 Å². The van der Waals surface area contributed by atoms with Crippen LogP contribution in [-0.2, 0) is 0 Å². The molecule has 2 nitrogen and oxygen atoms in total. The molecular weight excluding hydrogens is 290 g/mol. The minimum Gasteiger partial charge on any atom is -0.496 e. The van der Waals surface area contributed by atoms with Crippen LogP contribution in [0.4, 0.5) is 0 Å². The lowest BCUT2D eigenvalue weighted by Gasteiger charge is -2.16. The second-order valence-corrected chi connectivity index (χ2v) is 5.61. The van der Waals surface area contributed by atoms with Gasteiger partial charge in [0.15, 0.2) is 0 Å². The molecule has 102 valence electrons. The molecule has 0 saturated carbocycles. The second-order valence-electron chi connectivity index (χ2n) is 4.70. The van der Waals surface area contributed by atoms with E-state index in [1.807, 2.05) is 12.1 Å². The summed E-state index contributed by atoms with van der Waals surface area (Å²) in [6.07, 6.45) is 7.42. The molecule has 1 aromatic carbocycles. The highest BCUT2D eigenvalue weighted by atomic mass is 79.9. The Morgan fingerprint density at radius 3 is 2.61 bits per heavy atom. The smallest absolute Gasteiger partial charge is 0.123 e. The molecular formula is C15H24BrNO. The largest absolute Gasteiger partial charge is 0.496 e. The first kappa shape index (κ1) is 15.5. The molecule has 0 amide bonds. The number of hydrogen-bond donors (Lipinski definition) is 1. The fourth-order valence-electron chi connectivity index (χ4n) is 2.12. The van der Waals surface area contributed by atoms with E-state index in [0.717, 1.165) is 22.2 Å². The summed E-state index contributed by atoms with van der Waals surface area (Å²) < 4.78 is 6.42. The van der Waals surface area contributed by atoms with Crippen LogP contribution < -0.4 is 10.5 Å². The molecule has 1 unspecified atom stereocenters. The lowest BCUT2D eigenvalue weighted by Crippen LogP contribution is -2.11. The van der Waals surface area contributed by atoms with Crippen molar-refractivity contribution >= 4 is 15.9 Å². The van der Waals surface area contributed by atoms with E-state index in [2.05, 4.69) is 28.9 Å². The van der Waals surface area contributed by atoms with Crippen molar-refractivity contribution in [2.45, 2.75) is 51.5 Å². The molecule has 1 atom stereocenters. The van der Waals surface area contributed by atoms with Crippen LogP contribution in [0.3, 0.4) is 0 Å². The van der Waals surface area contributed by atoms with Crippen LogP contribution in [0.2, 0.25) is 0 Å². The molecule has 0 saturated heterocycles. The number of ether oxygens (including phenoxy) is 1. The monoisotopic (exact) mass is 313 g/mol. The molecule has 0 aliphatic rings. The van der Waals surface area contributed by atoms with Gasteiger partial charge in [-0.2, -0.15) is 0 Å². The van der Waals surface area contributed by atoms with Crippen molar-refractivity contribution in [3.63, 3.8) is 0 Å². The summed E-state index contributed by atoms with van der Waals surface area (Å²) in [5.74, 6) is 0.888. The quantitative estimate of drug-likeness (QED) is 0.698. The molecule has 0 fully saturated rings. The van der Waals surface area contributed by atoms with Gasteiger partial charge in [-0.25, -0.2) is 0 Å². The second kappa shape index (κ2) is 8.54. The topological polar surface area (TPSA) is 35.2 Å². The maximum Gasteiger partial charge on any atom is 0.123 e. The summed E-state index contributed by atoms with van der Waals surface area (Å²) in [5, 5.41) is 0. The van der Waals surface area contributed by atoms with Crippen molar-refractivity contribution in [3.8, 4) is 5.75 Å². The van der Waals surface area contributed by atoms with Gasteiger partial charge in [-0.1, -0.05) is 55.0 Å². The predicted octanol–water partition coefficient (Wildman–Crippen LogP) is 4.82. The Labute approximate surface area is 119 Å². The third kappa shape index (κ3) is 4.99. The number of unbranched alkanes of at least 4 members (excludes halogenated alkanes) is 4. The summed E-state index contributed by atoms with van der Waals surface area (Å²) in [5.41, 5.74) is 7.35. The van der Waals surface area contributed by atoms with Crippen LogP contribution in [0.1, 0.15) is 57.1 Å². The SMILES string of the molecule is CCCCCCCC(N)c1cc(Br)ccc1OC. The Balaban J connectivity index is 2.49. The van der Waals surface area contributed by atoms with Gasteiger partial charge in [-0.3, -0.25) is 0 Å². The predicted molar refractivity (Wildman–Crippen MR) is 81.0 cm³/mol. The molecule has 0 spiro atoms. The highest BCUT2D eigenvalue weighted by Crippen LogP contribution is 2.29. The van der Waals surface area contributed by atoms with Crippen LogP contribution in [-0.4, -0.2) is 7.11 Å². The van der Waals surface area contributed by atoms with Crippen LogP contribution >= 0.6 is 15.9 Å². The summed E-state index contributed by atoms with van der Waals surface area (Å²) in [6.45, 7) is 2.23. The first-order valence-corrected chi connectivity index (χ1v) is 7.57. The summed E-state index contributed by atoms with van der Waals surface area (Å²) in [6, 6.07) is 6.08. The average Bonchev–Trinajstić information content (AvgIpc) is 2.38. The van der Waals surface area contributed by atoms with E-state index >= 15 is 0 Å². The van der Waals surface area contributed by atoms with Crippen LogP contribution in [0.25, 0.3) is 0 Å². The molecule has 1 rings (SSSR count). The number of halogens is 1. The van der Waals surface area contributed by atoms with Crippen molar-refractivity contribution in [1.82, 2.24) is 0 Å². The first-order chi connectivity index (χ1) is 8.69. The van der Waals surface area contributed by atoms with E-state index in [0.29, 0.717) is 0 Å². The zero-order valence-corrected chi connectivity index (χ0v) is 13.0. The first-order valence-electron chi connectivity index (χ1n) is 6.78. The van der Waals surface area contributed by atoms with Crippen LogP contribution in [0.15, 0.2) is 22.7 Å². The average molecular weight is 314 g/mol. The standard InChI is InChI=1S/C15H24BrNO/c1-3-4-5-6-7-8-14(17)13-11-12(16)9-10-15(13)18-2/h9-11,14H,3-8,17H2,1-2H3. The highest BCUT2D eigenvalue weighted by Gasteiger charge is 2.12. The van der Waals surface area contributed by atoms with E-state index in [-0.39, 0.29) is 6.04 Å². The number of nitrogens with two attached hydrogens (primary N) is 1. The van der Waals surface area contributed by atoms with Gasteiger partial charge in [-0.05, 0) is 24.6 Å². The lowest BCUT2D eigenvalue weighted by atomic mass is 10.00. The van der Waals surface area contributed by atoms with Gasteiger partial charge < -0.3 is 10.5 Å². The van der Waals surface area contributed by atoms with Gasteiger partial charge in [0.05, 0.1) is 7.11 Å². The molecule has 1 aromatic rings. The zero-order chi connectivity index (χ0) is 13.4. The molecule has 0 aromatic heterocycles. The van der Waals surface area contributed by atoms with Gasteiger partial charge in [-0.15, -0.1) is 0 Å². The van der Waals surface area contributed by atoms with Gasteiger partial charge >= 0.3 is 0 Å². The van der Waals surface area contributed by atoms with Gasteiger partial charge in [0, 0.05) is 16.1 Å². The van der Waals surface area contributed by atoms with Crippen molar-refractivity contribution in [2.24, 2.45) is 5.73 Å². The molecule has 0 radical (unpaired) electrons. The molecule has 0 aliphatic heterocycles. The molecule has 0 heterocycles. The highest BCUT2D eigenvalue weighted by molar-refractivity contribution is 9.10. The van der Waals surface area contributed by atoms with E-state index in [1.165, 1.54) is 32.1 Å². The van der Waals surface area contributed by atoms with Crippen molar-refractivity contribution in [2.75, 3.05) is 7.11 Å². The number of hydrogen-bond acceptors (Lipinski definition) is 2. The molecule has 3 heteroatoms. The van der Waals surface area contributed by atoms with E-state index in [9.17, 15) is 0 Å². The Morgan fingerprint density at radius 1 is 1.22 bits per heavy atom. The van der Waals surface area contributed by atoms with Gasteiger partial charge in [0.1, 0.15) is 5.75 Å². The minimum absolute atomic E-state index is 0.0686. The molecule has 0 bridgehead atoms. The van der Waals surface area contributed by atoms with Crippen molar-refractivity contribution in [3.05, 3.63) is 28.2 Å². The number of benzene rings is 1. The fourth-order valence-corrected chi connectivity index (χ4v) is 2.50. The Morgan fingerprint density at radius 2 is 1.94 bits per heavy atom. The van der Waals surface area contributed by atoms with Crippen molar-refractivity contribution < 1.29 is 4.74 Å². The maximum atomic E-state index is 6.25. The number of methoxy groups -OCH3 is 1. The zero-order valence-electron chi connectivity index (χ0n) is 11.4. The van der Waals surface area contributed by atoms with Gasteiger partial charge in [0.2, 0.25) is 0 Å². The molecule has 18 heavy (non-hydrogen) atoms. The summed E-state index contributed by atoms with van der Waals surface area (Å²) in [7, 11) is 1.70.